The van der Waals surface area contributed by atoms with Crippen molar-refractivity contribution in [2.75, 3.05) is 0 Å². The molecule has 222 valence electrons. The molecule has 4 atom stereocenters. The van der Waals surface area contributed by atoms with Crippen molar-refractivity contribution in [1.82, 2.24) is 20.4 Å². The summed E-state index contributed by atoms with van der Waals surface area (Å²) in [7, 11) is 0. The summed E-state index contributed by atoms with van der Waals surface area (Å²) in [6, 6.07) is 4.58. The van der Waals surface area contributed by atoms with Gasteiger partial charge in [-0.15, -0.1) is 0 Å². The van der Waals surface area contributed by atoms with Gasteiger partial charge in [-0.05, 0) is 77.7 Å². The minimum absolute atomic E-state index is 0.0113. The van der Waals surface area contributed by atoms with Crippen molar-refractivity contribution in [1.29, 1.82) is 5.26 Å². The number of rotatable bonds is 7. The highest BCUT2D eigenvalue weighted by molar-refractivity contribution is 6.31. The number of H-pyrrole nitrogens is 1. The average Bonchev–Trinajstić information content (AvgIpc) is 3.39. The van der Waals surface area contributed by atoms with Gasteiger partial charge in [0.1, 0.15) is 6.04 Å². The van der Waals surface area contributed by atoms with Crippen LogP contribution >= 0.6 is 11.6 Å². The van der Waals surface area contributed by atoms with Crippen molar-refractivity contribution in [3.63, 3.8) is 0 Å². The zero-order valence-electron chi connectivity index (χ0n) is 24.5. The molecule has 1 aliphatic heterocycles. The van der Waals surface area contributed by atoms with Crippen LogP contribution in [0.2, 0.25) is 0 Å². The molecule has 1 aliphatic carbocycles. The first-order valence-electron chi connectivity index (χ1n) is 13.8. The Labute approximate surface area is 249 Å². The van der Waals surface area contributed by atoms with Crippen LogP contribution in [0.25, 0.3) is 0 Å². The number of benzene rings is 1. The fourth-order valence-corrected chi connectivity index (χ4v) is 6.19. The second-order valence-electron chi connectivity index (χ2n) is 11.9. The van der Waals surface area contributed by atoms with Gasteiger partial charge in [0.25, 0.3) is 5.91 Å². The van der Waals surface area contributed by atoms with Gasteiger partial charge in [0.15, 0.2) is 17.3 Å². The third-order valence-electron chi connectivity index (χ3n) is 8.14. The van der Waals surface area contributed by atoms with Crippen molar-refractivity contribution in [2.24, 2.45) is 10.8 Å². The SMILES string of the molecule is Cc1cc(Oc2c(C)cc(C(=O)N[C@H](C)C(=O)N3[C@H](C4(C)C=C(Cl)C=CC4)CC[C@@H]3C(C)(C)C#N)cc2F)c(=O)[nH]n1. The molecule has 42 heavy (non-hydrogen) atoms. The number of nitrogens with zero attached hydrogens (tertiary/aromatic N) is 3. The Bertz CT molecular complexity index is 1550. The Balaban J connectivity index is 1.57. The van der Waals surface area contributed by atoms with Crippen molar-refractivity contribution < 1.29 is 18.7 Å². The Hall–Kier alpha value is -3.97. The molecule has 2 N–H and O–H groups in total. The molecule has 1 saturated heterocycles. The first kappa shape index (κ1) is 31.0. The molecular formula is C31H35ClFN5O4. The van der Waals surface area contributed by atoms with Crippen LogP contribution < -0.4 is 15.6 Å². The highest BCUT2D eigenvalue weighted by Crippen LogP contribution is 2.47. The second-order valence-corrected chi connectivity index (χ2v) is 12.4. The molecule has 1 fully saturated rings. The highest BCUT2D eigenvalue weighted by Gasteiger charge is 2.51. The predicted molar refractivity (Wildman–Crippen MR) is 157 cm³/mol. The van der Waals surface area contributed by atoms with E-state index in [4.69, 9.17) is 16.3 Å². The second kappa shape index (κ2) is 11.7. The number of carbonyl (C=O) groups is 2. The van der Waals surface area contributed by atoms with E-state index in [9.17, 15) is 19.6 Å². The molecule has 0 spiro atoms. The molecule has 0 saturated carbocycles. The molecule has 2 heterocycles. The smallest absolute Gasteiger partial charge is 0.307 e. The number of nitrogens with one attached hydrogen (secondary N) is 2. The van der Waals surface area contributed by atoms with Gasteiger partial charge in [-0.3, -0.25) is 14.4 Å². The van der Waals surface area contributed by atoms with Crippen molar-refractivity contribution in [2.45, 2.75) is 78.9 Å². The summed E-state index contributed by atoms with van der Waals surface area (Å²) in [4.78, 5) is 41.0. The molecule has 1 unspecified atom stereocenters. The number of hydrogen-bond donors (Lipinski definition) is 2. The molecule has 11 heteroatoms. The third-order valence-corrected chi connectivity index (χ3v) is 8.38. The fraction of sp³-hybridized carbons (Fsp3) is 0.452. The molecule has 1 aromatic carbocycles. The summed E-state index contributed by atoms with van der Waals surface area (Å²) in [6.07, 6.45) is 7.76. The fourth-order valence-electron chi connectivity index (χ4n) is 5.85. The van der Waals surface area contributed by atoms with Gasteiger partial charge < -0.3 is 15.0 Å². The quantitative estimate of drug-likeness (QED) is 0.439. The largest absolute Gasteiger partial charge is 0.448 e. The summed E-state index contributed by atoms with van der Waals surface area (Å²) in [5.74, 6) is -2.15. The lowest BCUT2D eigenvalue weighted by Crippen LogP contribution is -2.57. The van der Waals surface area contributed by atoms with Crippen LogP contribution in [0.3, 0.4) is 0 Å². The van der Waals surface area contributed by atoms with Crippen LogP contribution in [0, 0.1) is 41.8 Å². The lowest BCUT2D eigenvalue weighted by molar-refractivity contribution is -0.139. The zero-order chi connectivity index (χ0) is 31.0. The van der Waals surface area contributed by atoms with E-state index in [0.29, 0.717) is 30.0 Å². The number of hydrogen-bond acceptors (Lipinski definition) is 6. The summed E-state index contributed by atoms with van der Waals surface area (Å²) in [6.45, 7) is 10.4. The van der Waals surface area contributed by atoms with Crippen LogP contribution in [0.5, 0.6) is 11.5 Å². The number of nitriles is 1. The van der Waals surface area contributed by atoms with Gasteiger partial charge in [0, 0.05) is 28.1 Å². The molecule has 0 radical (unpaired) electrons. The summed E-state index contributed by atoms with van der Waals surface area (Å²) < 4.78 is 20.6. The standard InChI is InChI=1S/C31H35ClFN5O4/c1-17-12-20(14-22(33)26(17)42-23-13-18(2)36-37-28(23)40)27(39)35-19(3)29(41)38-24(30(4,5)16-34)9-10-25(38)31(6)11-7-8-21(32)15-31/h7-8,12-15,19,24-25H,9-11H2,1-6H3,(H,35,39)(H,37,40)/t19-,24-,25+,31?/m1/s1. The molecule has 2 amide bonds. The van der Waals surface area contributed by atoms with Crippen molar-refractivity contribution >= 4 is 23.4 Å². The molecule has 2 aliphatic rings. The Morgan fingerprint density at radius 3 is 2.67 bits per heavy atom. The van der Waals surface area contributed by atoms with E-state index in [1.54, 1.807) is 25.7 Å². The number of halogens is 2. The van der Waals surface area contributed by atoms with Crippen LogP contribution in [-0.4, -0.2) is 45.0 Å². The minimum atomic E-state index is -0.963. The van der Waals surface area contributed by atoms with Crippen LogP contribution in [0.4, 0.5) is 4.39 Å². The number of ether oxygens (including phenoxy) is 1. The van der Waals surface area contributed by atoms with E-state index in [0.717, 1.165) is 6.07 Å². The van der Waals surface area contributed by atoms with Gasteiger partial charge in [-0.2, -0.15) is 10.4 Å². The van der Waals surface area contributed by atoms with E-state index in [-0.39, 0.29) is 40.6 Å². The minimum Gasteiger partial charge on any atom is -0.448 e. The number of likely N-dealkylation sites (tertiary alicyclic amines) is 1. The van der Waals surface area contributed by atoms with E-state index < -0.39 is 34.2 Å². The maximum absolute atomic E-state index is 15.1. The number of aryl methyl sites for hydroxylation is 2. The van der Waals surface area contributed by atoms with Gasteiger partial charge in [0.05, 0.1) is 23.2 Å². The van der Waals surface area contributed by atoms with Crippen LogP contribution in [0.15, 0.2) is 46.3 Å². The number of carbonyl (C=O) groups excluding carboxylic acids is 2. The van der Waals surface area contributed by atoms with E-state index in [1.807, 2.05) is 39.0 Å². The van der Waals surface area contributed by atoms with Crippen LogP contribution in [0.1, 0.15) is 68.6 Å². The molecule has 9 nitrogen and oxygen atoms in total. The Kier molecular flexibility index (Phi) is 8.65. The van der Waals surface area contributed by atoms with Gasteiger partial charge >= 0.3 is 5.56 Å². The summed E-state index contributed by atoms with van der Waals surface area (Å²) in [5, 5.41) is 19.3. The molecule has 0 bridgehead atoms. The number of amides is 2. The lowest BCUT2D eigenvalue weighted by atomic mass is 9.75. The normalized spacial score (nSPS) is 22.7. The molecule has 2 aromatic rings. The first-order chi connectivity index (χ1) is 19.7. The zero-order valence-corrected chi connectivity index (χ0v) is 25.3. The Morgan fingerprint density at radius 1 is 1.31 bits per heavy atom. The molecule has 4 rings (SSSR count). The van der Waals surface area contributed by atoms with Crippen LogP contribution in [-0.2, 0) is 4.79 Å². The monoisotopic (exact) mass is 595 g/mol. The average molecular weight is 596 g/mol. The summed E-state index contributed by atoms with van der Waals surface area (Å²) >= 11 is 6.36. The lowest BCUT2D eigenvalue weighted by Gasteiger charge is -2.44. The predicted octanol–water partition coefficient (Wildman–Crippen LogP) is 5.43. The number of aromatic nitrogens is 2. The molecular weight excluding hydrogens is 561 g/mol. The number of allylic oxidation sites excluding steroid dienone is 3. The first-order valence-corrected chi connectivity index (χ1v) is 14.2. The Morgan fingerprint density at radius 2 is 2.02 bits per heavy atom. The van der Waals surface area contributed by atoms with E-state index in [2.05, 4.69) is 21.6 Å². The maximum Gasteiger partial charge on any atom is 0.307 e. The topological polar surface area (TPSA) is 128 Å². The summed E-state index contributed by atoms with van der Waals surface area (Å²) in [5.41, 5.74) is -1.15. The third kappa shape index (κ3) is 6.12. The van der Waals surface area contributed by atoms with E-state index in [1.165, 1.54) is 12.1 Å². The van der Waals surface area contributed by atoms with E-state index >= 15 is 4.39 Å². The molecule has 1 aromatic heterocycles. The van der Waals surface area contributed by atoms with Gasteiger partial charge in [-0.25, -0.2) is 9.49 Å². The van der Waals surface area contributed by atoms with Gasteiger partial charge in [-0.1, -0.05) is 30.7 Å². The maximum atomic E-state index is 15.1. The highest BCUT2D eigenvalue weighted by atomic mass is 35.5. The van der Waals surface area contributed by atoms with Gasteiger partial charge in [0.2, 0.25) is 5.91 Å². The van der Waals surface area contributed by atoms with Crippen molar-refractivity contribution in [3.05, 3.63) is 74.5 Å². The van der Waals surface area contributed by atoms with Crippen molar-refractivity contribution in [3.8, 4) is 17.6 Å². The number of aromatic amines is 1.